The Hall–Kier alpha value is -2.75. The first kappa shape index (κ1) is 11.3. The van der Waals surface area contributed by atoms with Gasteiger partial charge in [0.1, 0.15) is 22.8 Å². The van der Waals surface area contributed by atoms with Crippen LogP contribution < -0.4 is 5.32 Å². The summed E-state index contributed by atoms with van der Waals surface area (Å²) in [5, 5.41) is 23.4. The second kappa shape index (κ2) is 4.49. The van der Waals surface area contributed by atoms with E-state index >= 15 is 0 Å². The van der Waals surface area contributed by atoms with Gasteiger partial charge in [0.15, 0.2) is 0 Å². The lowest BCUT2D eigenvalue weighted by atomic mass is 10.2. The number of pyridine rings is 1. The van der Waals surface area contributed by atoms with E-state index in [1.54, 1.807) is 36.4 Å². The van der Waals surface area contributed by atoms with Crippen molar-refractivity contribution in [3.05, 3.63) is 54.6 Å². The summed E-state index contributed by atoms with van der Waals surface area (Å²) in [6.07, 6.45) is 0. The van der Waals surface area contributed by atoms with Crippen LogP contribution in [-0.2, 0) is 0 Å². The maximum absolute atomic E-state index is 9.78. The first-order chi connectivity index (χ1) is 9.24. The summed E-state index contributed by atoms with van der Waals surface area (Å²) in [4.78, 5) is 4.34. The van der Waals surface area contributed by atoms with Crippen LogP contribution in [0, 0.1) is 0 Å². The fraction of sp³-hybridized carbons (Fsp3) is 0. The monoisotopic (exact) mass is 252 g/mol. The van der Waals surface area contributed by atoms with Crippen LogP contribution in [0.3, 0.4) is 0 Å². The van der Waals surface area contributed by atoms with E-state index in [9.17, 15) is 10.2 Å². The van der Waals surface area contributed by atoms with Gasteiger partial charge in [-0.15, -0.1) is 0 Å². The Balaban J connectivity index is 2.02. The molecule has 0 amide bonds. The first-order valence-electron chi connectivity index (χ1n) is 5.88. The number of rotatable bonds is 2. The third-order valence-corrected chi connectivity index (χ3v) is 2.87. The highest BCUT2D eigenvalue weighted by Crippen LogP contribution is 2.28. The summed E-state index contributed by atoms with van der Waals surface area (Å²) in [6.45, 7) is 0. The number of hydrogen-bond donors (Lipinski definition) is 3. The Morgan fingerprint density at radius 1 is 0.789 bits per heavy atom. The van der Waals surface area contributed by atoms with E-state index in [-0.39, 0.29) is 11.5 Å². The number of aromatic hydroxyl groups is 2. The van der Waals surface area contributed by atoms with Crippen molar-refractivity contribution in [2.75, 3.05) is 5.32 Å². The molecular weight excluding hydrogens is 240 g/mol. The van der Waals surface area contributed by atoms with Gasteiger partial charge in [-0.1, -0.05) is 24.3 Å². The predicted molar refractivity (Wildman–Crippen MR) is 74.8 cm³/mol. The molecule has 0 bridgehead atoms. The second-order valence-corrected chi connectivity index (χ2v) is 4.19. The topological polar surface area (TPSA) is 65.4 Å². The molecule has 0 atom stereocenters. The lowest BCUT2D eigenvalue weighted by Gasteiger charge is -2.08. The molecule has 4 nitrogen and oxygen atoms in total. The van der Waals surface area contributed by atoms with Crippen molar-refractivity contribution in [1.82, 2.24) is 4.98 Å². The zero-order chi connectivity index (χ0) is 13.2. The quantitative estimate of drug-likeness (QED) is 0.612. The number of hydrogen-bond acceptors (Lipinski definition) is 4. The smallest absolute Gasteiger partial charge is 0.141 e. The van der Waals surface area contributed by atoms with E-state index in [1.165, 1.54) is 0 Å². The molecule has 94 valence electrons. The van der Waals surface area contributed by atoms with Gasteiger partial charge in [-0.2, -0.15) is 0 Å². The van der Waals surface area contributed by atoms with Crippen molar-refractivity contribution in [2.45, 2.75) is 0 Å². The lowest BCUT2D eigenvalue weighted by molar-refractivity contribution is 0.477. The van der Waals surface area contributed by atoms with Crippen molar-refractivity contribution in [2.24, 2.45) is 0 Å². The first-order valence-corrected chi connectivity index (χ1v) is 5.88. The molecule has 2 aromatic carbocycles. The Kier molecular flexibility index (Phi) is 2.68. The standard InChI is InChI=1S/C15H12N2O2/c18-12-6-2-1-5-11(12)16-14-9-8-10-4-3-7-13(19)15(10)17-14/h1-9,18-19H,(H,16,17). The molecule has 3 N–H and O–H groups in total. The Morgan fingerprint density at radius 2 is 1.58 bits per heavy atom. The largest absolute Gasteiger partial charge is 0.506 e. The maximum atomic E-state index is 9.78. The van der Waals surface area contributed by atoms with Crippen LogP contribution >= 0.6 is 0 Å². The summed E-state index contributed by atoms with van der Waals surface area (Å²) < 4.78 is 0. The second-order valence-electron chi connectivity index (χ2n) is 4.19. The molecule has 0 spiro atoms. The van der Waals surface area contributed by atoms with E-state index in [1.807, 2.05) is 18.2 Å². The number of fused-ring (bicyclic) bond motifs is 1. The van der Waals surface area contributed by atoms with Crippen molar-refractivity contribution in [3.63, 3.8) is 0 Å². The average molecular weight is 252 g/mol. The minimum atomic E-state index is 0.137. The molecule has 0 aliphatic rings. The molecular formula is C15H12N2O2. The summed E-state index contributed by atoms with van der Waals surface area (Å²) in [6, 6.07) is 15.8. The van der Waals surface area contributed by atoms with Crippen LogP contribution in [0.5, 0.6) is 11.5 Å². The normalized spacial score (nSPS) is 10.5. The molecule has 3 aromatic rings. The number of para-hydroxylation sites is 3. The third kappa shape index (κ3) is 2.15. The molecule has 0 radical (unpaired) electrons. The van der Waals surface area contributed by atoms with Gasteiger partial charge < -0.3 is 15.5 Å². The van der Waals surface area contributed by atoms with Gasteiger partial charge in [-0.3, -0.25) is 0 Å². The maximum Gasteiger partial charge on any atom is 0.141 e. The van der Waals surface area contributed by atoms with E-state index in [0.29, 0.717) is 17.0 Å². The van der Waals surface area contributed by atoms with Crippen LogP contribution in [-0.4, -0.2) is 15.2 Å². The number of nitrogens with one attached hydrogen (secondary N) is 1. The van der Waals surface area contributed by atoms with E-state index in [4.69, 9.17) is 0 Å². The number of benzene rings is 2. The zero-order valence-corrected chi connectivity index (χ0v) is 10.0. The summed E-state index contributed by atoms with van der Waals surface area (Å²) in [5.41, 5.74) is 1.10. The van der Waals surface area contributed by atoms with Crippen molar-refractivity contribution >= 4 is 22.4 Å². The highest BCUT2D eigenvalue weighted by atomic mass is 16.3. The minimum Gasteiger partial charge on any atom is -0.506 e. The molecule has 0 fully saturated rings. The van der Waals surface area contributed by atoms with E-state index in [2.05, 4.69) is 10.3 Å². The summed E-state index contributed by atoms with van der Waals surface area (Å²) in [7, 11) is 0. The molecule has 4 heteroatoms. The van der Waals surface area contributed by atoms with Crippen LogP contribution in [0.1, 0.15) is 0 Å². The van der Waals surface area contributed by atoms with Crippen LogP contribution in [0.15, 0.2) is 54.6 Å². The highest BCUT2D eigenvalue weighted by Gasteiger charge is 2.04. The fourth-order valence-corrected chi connectivity index (χ4v) is 1.92. The van der Waals surface area contributed by atoms with Gasteiger partial charge in [0.05, 0.1) is 5.69 Å². The fourth-order valence-electron chi connectivity index (χ4n) is 1.92. The Bertz CT molecular complexity index is 741. The molecule has 1 aromatic heterocycles. The SMILES string of the molecule is Oc1ccccc1Nc1ccc2cccc(O)c2n1. The average Bonchev–Trinajstić information content (AvgIpc) is 2.42. The van der Waals surface area contributed by atoms with Crippen molar-refractivity contribution in [1.29, 1.82) is 0 Å². The van der Waals surface area contributed by atoms with Gasteiger partial charge in [0, 0.05) is 5.39 Å². The van der Waals surface area contributed by atoms with Crippen LogP contribution in [0.2, 0.25) is 0 Å². The van der Waals surface area contributed by atoms with Crippen LogP contribution in [0.25, 0.3) is 10.9 Å². The Morgan fingerprint density at radius 3 is 2.42 bits per heavy atom. The molecule has 0 aliphatic heterocycles. The zero-order valence-electron chi connectivity index (χ0n) is 10.0. The molecule has 0 unspecified atom stereocenters. The van der Waals surface area contributed by atoms with Gasteiger partial charge in [0.25, 0.3) is 0 Å². The molecule has 19 heavy (non-hydrogen) atoms. The van der Waals surface area contributed by atoms with E-state index < -0.39 is 0 Å². The number of nitrogens with zero attached hydrogens (tertiary/aromatic N) is 1. The van der Waals surface area contributed by atoms with Gasteiger partial charge in [-0.05, 0) is 30.3 Å². The van der Waals surface area contributed by atoms with Gasteiger partial charge in [0.2, 0.25) is 0 Å². The number of anilines is 2. The van der Waals surface area contributed by atoms with Crippen LogP contribution in [0.4, 0.5) is 11.5 Å². The number of aromatic nitrogens is 1. The number of phenolic OH excluding ortho intramolecular Hbond substituents is 2. The van der Waals surface area contributed by atoms with E-state index in [0.717, 1.165) is 5.39 Å². The molecule has 0 saturated heterocycles. The van der Waals surface area contributed by atoms with Crippen molar-refractivity contribution < 1.29 is 10.2 Å². The summed E-state index contributed by atoms with van der Waals surface area (Å²) >= 11 is 0. The van der Waals surface area contributed by atoms with Crippen molar-refractivity contribution in [3.8, 4) is 11.5 Å². The minimum absolute atomic E-state index is 0.137. The summed E-state index contributed by atoms with van der Waals surface area (Å²) in [5.74, 6) is 0.857. The number of phenols is 2. The predicted octanol–water partition coefficient (Wildman–Crippen LogP) is 3.39. The molecule has 1 heterocycles. The molecule has 0 saturated carbocycles. The van der Waals surface area contributed by atoms with Gasteiger partial charge in [-0.25, -0.2) is 4.98 Å². The lowest BCUT2D eigenvalue weighted by Crippen LogP contribution is -1.94. The van der Waals surface area contributed by atoms with Gasteiger partial charge >= 0.3 is 0 Å². The highest BCUT2D eigenvalue weighted by molar-refractivity contribution is 5.86. The molecule has 3 rings (SSSR count). The third-order valence-electron chi connectivity index (χ3n) is 2.87. The molecule has 0 aliphatic carbocycles. The Labute approximate surface area is 110 Å².